The van der Waals surface area contributed by atoms with Gasteiger partial charge in [0, 0.05) is 13.0 Å². The van der Waals surface area contributed by atoms with Crippen LogP contribution < -0.4 is 5.32 Å². The van der Waals surface area contributed by atoms with Crippen molar-refractivity contribution in [1.29, 1.82) is 5.41 Å². The lowest BCUT2D eigenvalue weighted by Crippen LogP contribution is -2.24. The van der Waals surface area contributed by atoms with Gasteiger partial charge < -0.3 is 5.32 Å². The highest BCUT2D eigenvalue weighted by molar-refractivity contribution is 5.78. The molecular weight excluding hydrogens is 131 g/mol. The van der Waals surface area contributed by atoms with Gasteiger partial charge in [-0.2, -0.15) is 0 Å². The van der Waals surface area contributed by atoms with Crippen LogP contribution in [0.4, 0.5) is 4.39 Å². The minimum atomic E-state index is -0.394. The molecule has 0 saturated carbocycles. The second kappa shape index (κ2) is 6.52. The summed E-state index contributed by atoms with van der Waals surface area (Å²) in [7, 11) is 0. The van der Waals surface area contributed by atoms with E-state index in [0.29, 0.717) is 5.84 Å². The van der Waals surface area contributed by atoms with Crippen LogP contribution in [0, 0.1) is 5.41 Å². The Morgan fingerprint density at radius 1 is 1.60 bits per heavy atom. The van der Waals surface area contributed by atoms with E-state index in [0.717, 1.165) is 19.3 Å². The zero-order valence-electron chi connectivity index (χ0n) is 6.41. The Morgan fingerprint density at radius 2 is 2.30 bits per heavy atom. The van der Waals surface area contributed by atoms with Crippen molar-refractivity contribution in [2.75, 3.05) is 13.2 Å². The summed E-state index contributed by atoms with van der Waals surface area (Å²) in [5.41, 5.74) is 0. The summed E-state index contributed by atoms with van der Waals surface area (Å²) in [4.78, 5) is 0. The van der Waals surface area contributed by atoms with Gasteiger partial charge in [-0.15, -0.1) is 0 Å². The summed E-state index contributed by atoms with van der Waals surface area (Å²) in [5, 5.41) is 9.89. The highest BCUT2D eigenvalue weighted by Gasteiger charge is 1.92. The molecule has 0 aliphatic heterocycles. The summed E-state index contributed by atoms with van der Waals surface area (Å²) in [6, 6.07) is 0. The smallest absolute Gasteiger partial charge is 0.107 e. The van der Waals surface area contributed by atoms with Crippen molar-refractivity contribution in [2.24, 2.45) is 0 Å². The van der Waals surface area contributed by atoms with Crippen LogP contribution in [0.15, 0.2) is 0 Å². The van der Waals surface area contributed by atoms with Gasteiger partial charge in [0.2, 0.25) is 0 Å². The lowest BCUT2D eigenvalue weighted by molar-refractivity contribution is 0.489. The molecule has 0 rings (SSSR count). The molecule has 10 heavy (non-hydrogen) atoms. The monoisotopic (exact) mass is 146 g/mol. The van der Waals surface area contributed by atoms with Gasteiger partial charge in [0.05, 0.1) is 5.84 Å². The lowest BCUT2D eigenvalue weighted by Gasteiger charge is -2.03. The number of halogens is 1. The van der Waals surface area contributed by atoms with Crippen molar-refractivity contribution in [2.45, 2.75) is 26.2 Å². The van der Waals surface area contributed by atoms with Gasteiger partial charge in [-0.3, -0.25) is 5.41 Å². The van der Waals surface area contributed by atoms with Crippen LogP contribution in [0.1, 0.15) is 26.2 Å². The van der Waals surface area contributed by atoms with Gasteiger partial charge in [-0.1, -0.05) is 13.3 Å². The maximum absolute atomic E-state index is 11.5. The Bertz CT molecular complexity index is 83.6. The molecule has 3 heteroatoms. The maximum atomic E-state index is 11.5. The lowest BCUT2D eigenvalue weighted by atomic mass is 10.2. The van der Waals surface area contributed by atoms with E-state index in [1.807, 2.05) is 0 Å². The van der Waals surface area contributed by atoms with Crippen LogP contribution in [0.5, 0.6) is 0 Å². The number of alkyl halides is 1. The first-order chi connectivity index (χ1) is 4.81. The number of rotatable bonds is 5. The standard InChI is InChI=1S/C7H15FN2/c1-2-3-4-7(9)10-6-5-8/h2-6H2,1H3,(H2,9,10). The molecule has 0 saturated heterocycles. The average molecular weight is 146 g/mol. The van der Waals surface area contributed by atoms with E-state index in [9.17, 15) is 4.39 Å². The van der Waals surface area contributed by atoms with Gasteiger partial charge in [0.25, 0.3) is 0 Å². The van der Waals surface area contributed by atoms with Crippen LogP contribution in [-0.2, 0) is 0 Å². The Morgan fingerprint density at radius 3 is 2.80 bits per heavy atom. The zero-order valence-corrected chi connectivity index (χ0v) is 6.41. The highest BCUT2D eigenvalue weighted by Crippen LogP contribution is 1.92. The maximum Gasteiger partial charge on any atom is 0.107 e. The summed E-state index contributed by atoms with van der Waals surface area (Å²) in [5.74, 6) is 0.458. The Labute approximate surface area is 61.3 Å². The highest BCUT2D eigenvalue weighted by atomic mass is 19.1. The van der Waals surface area contributed by atoms with E-state index in [1.54, 1.807) is 0 Å². The first-order valence-electron chi connectivity index (χ1n) is 3.68. The Balaban J connectivity index is 3.09. The summed E-state index contributed by atoms with van der Waals surface area (Å²) >= 11 is 0. The summed E-state index contributed by atoms with van der Waals surface area (Å²) in [6.45, 7) is 1.96. The van der Waals surface area contributed by atoms with E-state index in [-0.39, 0.29) is 6.54 Å². The third kappa shape index (κ3) is 5.54. The quantitative estimate of drug-likeness (QED) is 0.449. The fourth-order valence-electron chi connectivity index (χ4n) is 0.640. The van der Waals surface area contributed by atoms with Crippen molar-refractivity contribution in [3.8, 4) is 0 Å². The molecule has 60 valence electrons. The van der Waals surface area contributed by atoms with Gasteiger partial charge in [0.15, 0.2) is 0 Å². The molecular formula is C7H15FN2. The fraction of sp³-hybridized carbons (Fsp3) is 0.857. The molecule has 0 radical (unpaired) electrons. The molecule has 0 heterocycles. The molecule has 0 bridgehead atoms. The van der Waals surface area contributed by atoms with Gasteiger partial charge in [-0.05, 0) is 6.42 Å². The van der Waals surface area contributed by atoms with Crippen molar-refractivity contribution in [3.63, 3.8) is 0 Å². The normalized spacial score (nSPS) is 9.40. The summed E-state index contributed by atoms with van der Waals surface area (Å²) < 4.78 is 11.5. The van der Waals surface area contributed by atoms with E-state index >= 15 is 0 Å². The van der Waals surface area contributed by atoms with Crippen molar-refractivity contribution in [1.82, 2.24) is 5.32 Å². The van der Waals surface area contributed by atoms with Crippen LogP contribution in [0.2, 0.25) is 0 Å². The minimum absolute atomic E-state index is 0.280. The van der Waals surface area contributed by atoms with Crippen LogP contribution in [0.25, 0.3) is 0 Å². The second-order valence-corrected chi connectivity index (χ2v) is 2.20. The second-order valence-electron chi connectivity index (χ2n) is 2.20. The predicted octanol–water partition coefficient (Wildman–Crippen LogP) is 1.71. The molecule has 0 unspecified atom stereocenters. The van der Waals surface area contributed by atoms with Crippen LogP contribution >= 0.6 is 0 Å². The molecule has 0 aliphatic rings. The van der Waals surface area contributed by atoms with Crippen LogP contribution in [0.3, 0.4) is 0 Å². The largest absolute Gasteiger partial charge is 0.371 e. The Hall–Kier alpha value is -0.600. The molecule has 0 amide bonds. The fourth-order valence-corrected chi connectivity index (χ4v) is 0.640. The number of unbranched alkanes of at least 4 members (excludes halogenated alkanes) is 1. The molecule has 0 fully saturated rings. The Kier molecular flexibility index (Phi) is 6.13. The topological polar surface area (TPSA) is 35.9 Å². The third-order valence-corrected chi connectivity index (χ3v) is 1.21. The van der Waals surface area contributed by atoms with E-state index in [4.69, 9.17) is 5.41 Å². The molecule has 0 spiro atoms. The van der Waals surface area contributed by atoms with Gasteiger partial charge in [0.1, 0.15) is 6.67 Å². The molecule has 2 nitrogen and oxygen atoms in total. The molecule has 0 atom stereocenters. The first-order valence-corrected chi connectivity index (χ1v) is 3.68. The number of nitrogens with one attached hydrogen (secondary N) is 2. The van der Waals surface area contributed by atoms with Crippen molar-refractivity contribution < 1.29 is 4.39 Å². The average Bonchev–Trinajstić information content (AvgIpc) is 1.97. The van der Waals surface area contributed by atoms with E-state index in [1.165, 1.54) is 0 Å². The summed E-state index contributed by atoms with van der Waals surface area (Å²) in [6.07, 6.45) is 2.84. The third-order valence-electron chi connectivity index (χ3n) is 1.21. The number of amidine groups is 1. The minimum Gasteiger partial charge on any atom is -0.371 e. The van der Waals surface area contributed by atoms with Crippen LogP contribution in [-0.4, -0.2) is 19.1 Å². The first kappa shape index (κ1) is 9.40. The number of hydrogen-bond donors (Lipinski definition) is 2. The number of hydrogen-bond acceptors (Lipinski definition) is 1. The predicted molar refractivity (Wildman–Crippen MR) is 41.2 cm³/mol. The van der Waals surface area contributed by atoms with Crippen molar-refractivity contribution >= 4 is 5.84 Å². The zero-order chi connectivity index (χ0) is 7.82. The van der Waals surface area contributed by atoms with Crippen molar-refractivity contribution in [3.05, 3.63) is 0 Å². The molecule has 2 N–H and O–H groups in total. The van der Waals surface area contributed by atoms with Gasteiger partial charge in [-0.25, -0.2) is 4.39 Å². The molecule has 0 aliphatic carbocycles. The van der Waals surface area contributed by atoms with E-state index < -0.39 is 6.67 Å². The van der Waals surface area contributed by atoms with Gasteiger partial charge >= 0.3 is 0 Å². The molecule has 0 aromatic heterocycles. The SMILES string of the molecule is CCCCC(=N)NCCF. The molecule has 0 aromatic rings. The molecule has 0 aromatic carbocycles. The van der Waals surface area contributed by atoms with E-state index in [2.05, 4.69) is 12.2 Å².